The molecule has 0 aliphatic carbocycles. The quantitative estimate of drug-likeness (QED) is 0.938. The Morgan fingerprint density at radius 3 is 2.39 bits per heavy atom. The van der Waals surface area contributed by atoms with Gasteiger partial charge in [0.25, 0.3) is 0 Å². The first-order chi connectivity index (χ1) is 10.5. The number of allylic oxidation sites excluding steroid dienone is 1. The highest BCUT2D eigenvalue weighted by Gasteiger charge is 2.21. The van der Waals surface area contributed by atoms with Gasteiger partial charge in [0, 0.05) is 28.3 Å². The molecule has 1 N–H and O–H groups in total. The minimum Gasteiger partial charge on any atom is -0.330 e. The summed E-state index contributed by atoms with van der Waals surface area (Å²) in [4.78, 5) is 12.0. The molecular weight excluding hydrogens is 312 g/mol. The van der Waals surface area contributed by atoms with Crippen LogP contribution >= 0.6 is 0 Å². The van der Waals surface area contributed by atoms with Crippen molar-refractivity contribution in [1.82, 2.24) is 9.29 Å². The van der Waals surface area contributed by atoms with E-state index >= 15 is 0 Å². The van der Waals surface area contributed by atoms with Gasteiger partial charge in [0.05, 0.1) is 11.8 Å². The molecule has 6 heteroatoms. The number of carbonyl (C=O) groups is 1. The van der Waals surface area contributed by atoms with Crippen molar-refractivity contribution in [3.63, 3.8) is 0 Å². The normalized spacial score (nSPS) is 13.3. The molecule has 1 heterocycles. The maximum absolute atomic E-state index is 12.0. The van der Waals surface area contributed by atoms with E-state index < -0.39 is 15.4 Å². The topological polar surface area (TPSA) is 68.2 Å². The smallest absolute Gasteiger partial charge is 0.236 e. The van der Waals surface area contributed by atoms with E-state index in [1.54, 1.807) is 31.3 Å². The van der Waals surface area contributed by atoms with Gasteiger partial charge in [0.1, 0.15) is 0 Å². The summed E-state index contributed by atoms with van der Waals surface area (Å²) in [6.45, 7) is 7.30. The van der Waals surface area contributed by atoms with E-state index in [-0.39, 0.29) is 5.91 Å². The van der Waals surface area contributed by atoms with Gasteiger partial charge in [-0.25, -0.2) is 12.4 Å². The average molecular weight is 334 g/mol. The second-order valence-electron chi connectivity index (χ2n) is 6.69. The summed E-state index contributed by atoms with van der Waals surface area (Å²) in [5.41, 5.74) is 1.55. The molecule has 2 rings (SSSR count). The van der Waals surface area contributed by atoms with Crippen LogP contribution in [-0.4, -0.2) is 24.6 Å². The van der Waals surface area contributed by atoms with E-state index in [4.69, 9.17) is 0 Å². The minimum absolute atomic E-state index is 0.0851. The molecule has 0 spiro atoms. The molecular formula is C17H22N2O3S. The number of fused-ring (bicyclic) bond motifs is 1. The number of hydrogen-bond donors (Lipinski definition) is 1. The predicted molar refractivity (Wildman–Crippen MR) is 93.4 cm³/mol. The van der Waals surface area contributed by atoms with Crippen molar-refractivity contribution >= 4 is 32.9 Å². The molecule has 0 aliphatic heterocycles. The lowest BCUT2D eigenvalue weighted by molar-refractivity contribution is -0.127. The number of nitrogens with one attached hydrogen (secondary N) is 1. The third-order valence-corrected chi connectivity index (χ3v) is 4.45. The molecule has 124 valence electrons. The van der Waals surface area contributed by atoms with Crippen molar-refractivity contribution in [2.75, 3.05) is 6.26 Å². The maximum atomic E-state index is 12.0. The number of benzene rings is 1. The van der Waals surface area contributed by atoms with E-state index in [1.807, 2.05) is 32.9 Å². The third kappa shape index (κ3) is 3.82. The molecule has 1 aromatic carbocycles. The van der Waals surface area contributed by atoms with Crippen molar-refractivity contribution in [3.8, 4) is 0 Å². The van der Waals surface area contributed by atoms with Crippen LogP contribution < -0.4 is 5.32 Å². The van der Waals surface area contributed by atoms with Crippen LogP contribution in [0.2, 0.25) is 0 Å². The summed E-state index contributed by atoms with van der Waals surface area (Å²) in [7, 11) is -3.39. The SMILES string of the molecule is C/C(=C/c1cn(S(C)(=O)=O)c2ccccc12)NC(=O)C(C)(C)C. The summed E-state index contributed by atoms with van der Waals surface area (Å²) >= 11 is 0. The number of rotatable bonds is 3. The first-order valence-corrected chi connectivity index (χ1v) is 9.15. The largest absolute Gasteiger partial charge is 0.330 e. The van der Waals surface area contributed by atoms with Gasteiger partial charge in [-0.15, -0.1) is 0 Å². The highest BCUT2D eigenvalue weighted by molar-refractivity contribution is 7.89. The van der Waals surface area contributed by atoms with Crippen LogP contribution in [0.15, 0.2) is 36.2 Å². The van der Waals surface area contributed by atoms with Gasteiger partial charge < -0.3 is 5.32 Å². The Morgan fingerprint density at radius 1 is 1.22 bits per heavy atom. The van der Waals surface area contributed by atoms with Gasteiger partial charge in [0.15, 0.2) is 0 Å². The lowest BCUT2D eigenvalue weighted by Gasteiger charge is -2.17. The number of hydrogen-bond acceptors (Lipinski definition) is 3. The molecule has 0 saturated heterocycles. The monoisotopic (exact) mass is 334 g/mol. The van der Waals surface area contributed by atoms with Gasteiger partial charge in [-0.3, -0.25) is 4.79 Å². The molecule has 1 amide bonds. The zero-order valence-corrected chi connectivity index (χ0v) is 14.9. The Balaban J connectivity index is 2.49. The van der Waals surface area contributed by atoms with Crippen molar-refractivity contribution in [2.24, 2.45) is 5.41 Å². The van der Waals surface area contributed by atoms with Crippen LogP contribution in [0.3, 0.4) is 0 Å². The molecule has 0 aliphatic rings. The molecule has 0 radical (unpaired) electrons. The maximum Gasteiger partial charge on any atom is 0.236 e. The summed E-state index contributed by atoms with van der Waals surface area (Å²) in [6.07, 6.45) is 4.53. The number of nitrogens with zero attached hydrogens (tertiary/aromatic N) is 1. The van der Waals surface area contributed by atoms with Crippen molar-refractivity contribution in [3.05, 3.63) is 41.7 Å². The molecule has 1 aromatic heterocycles. The summed E-state index contributed by atoms with van der Waals surface area (Å²) < 4.78 is 25.1. The van der Waals surface area contributed by atoms with Gasteiger partial charge in [-0.1, -0.05) is 39.0 Å². The van der Waals surface area contributed by atoms with Crippen molar-refractivity contribution in [2.45, 2.75) is 27.7 Å². The van der Waals surface area contributed by atoms with Crippen LogP contribution in [0.1, 0.15) is 33.3 Å². The van der Waals surface area contributed by atoms with Gasteiger partial charge >= 0.3 is 0 Å². The van der Waals surface area contributed by atoms with Crippen LogP contribution in [0.5, 0.6) is 0 Å². The Bertz CT molecular complexity index is 884. The second-order valence-corrected chi connectivity index (χ2v) is 8.55. The number of carbonyl (C=O) groups excluding carboxylic acids is 1. The average Bonchev–Trinajstić information content (AvgIpc) is 2.76. The zero-order valence-electron chi connectivity index (χ0n) is 14.0. The molecule has 0 atom stereocenters. The van der Waals surface area contributed by atoms with Gasteiger partial charge in [0.2, 0.25) is 15.9 Å². The number of para-hydroxylation sites is 1. The minimum atomic E-state index is -3.39. The lowest BCUT2D eigenvalue weighted by atomic mass is 9.95. The Hall–Kier alpha value is -2.08. The molecule has 23 heavy (non-hydrogen) atoms. The van der Waals surface area contributed by atoms with E-state index in [9.17, 15) is 13.2 Å². The van der Waals surface area contributed by atoms with Crippen molar-refractivity contribution < 1.29 is 13.2 Å². The highest BCUT2D eigenvalue weighted by atomic mass is 32.2. The molecule has 0 unspecified atom stereocenters. The fourth-order valence-electron chi connectivity index (χ4n) is 2.20. The molecule has 0 bridgehead atoms. The zero-order chi connectivity index (χ0) is 17.4. The van der Waals surface area contributed by atoms with Crippen LogP contribution in [0.4, 0.5) is 0 Å². The molecule has 0 fully saturated rings. The Morgan fingerprint density at radius 2 is 1.83 bits per heavy atom. The third-order valence-electron chi connectivity index (χ3n) is 3.43. The fraction of sp³-hybridized carbons (Fsp3) is 0.353. The van der Waals surface area contributed by atoms with E-state index in [0.29, 0.717) is 11.2 Å². The lowest BCUT2D eigenvalue weighted by Crippen LogP contribution is -2.33. The number of aromatic nitrogens is 1. The van der Waals surface area contributed by atoms with E-state index in [2.05, 4.69) is 5.32 Å². The van der Waals surface area contributed by atoms with Gasteiger partial charge in [-0.2, -0.15) is 0 Å². The van der Waals surface area contributed by atoms with E-state index in [1.165, 1.54) is 10.2 Å². The van der Waals surface area contributed by atoms with Crippen LogP contribution in [0, 0.1) is 5.41 Å². The van der Waals surface area contributed by atoms with Crippen LogP contribution in [-0.2, 0) is 14.8 Å². The Kier molecular flexibility index (Phi) is 4.39. The highest BCUT2D eigenvalue weighted by Crippen LogP contribution is 2.24. The Labute approximate surface area is 137 Å². The molecule has 0 saturated carbocycles. The van der Waals surface area contributed by atoms with E-state index in [0.717, 1.165) is 10.9 Å². The molecule has 2 aromatic rings. The number of amides is 1. The van der Waals surface area contributed by atoms with Gasteiger partial charge in [-0.05, 0) is 19.1 Å². The summed E-state index contributed by atoms with van der Waals surface area (Å²) in [5.74, 6) is -0.0851. The van der Waals surface area contributed by atoms with Crippen molar-refractivity contribution in [1.29, 1.82) is 0 Å². The first-order valence-electron chi connectivity index (χ1n) is 7.30. The predicted octanol–water partition coefficient (Wildman–Crippen LogP) is 2.97. The summed E-state index contributed by atoms with van der Waals surface area (Å²) in [5, 5.41) is 3.67. The second kappa shape index (κ2) is 5.85. The molecule has 5 nitrogen and oxygen atoms in total. The first kappa shape index (κ1) is 17.3. The standard InChI is InChI=1S/C17H22N2O3S/c1-12(18-16(20)17(2,3)4)10-13-11-19(23(5,21)22)15-9-7-6-8-14(13)15/h6-11H,1-5H3,(H,18,20)/b12-10-. The summed E-state index contributed by atoms with van der Waals surface area (Å²) in [6, 6.07) is 7.28. The van der Waals surface area contributed by atoms with Crippen LogP contribution in [0.25, 0.3) is 17.0 Å². The fourth-order valence-corrected chi connectivity index (χ4v) is 3.02.